The van der Waals surface area contributed by atoms with E-state index in [-0.39, 0.29) is 23.2 Å². The van der Waals surface area contributed by atoms with Crippen molar-refractivity contribution in [2.75, 3.05) is 12.4 Å². The van der Waals surface area contributed by atoms with Gasteiger partial charge in [-0.25, -0.2) is 9.78 Å². The molecule has 0 aliphatic heterocycles. The lowest BCUT2D eigenvalue weighted by atomic mass is 10.1. The summed E-state index contributed by atoms with van der Waals surface area (Å²) in [7, 11) is 0. The monoisotopic (exact) mass is 471 g/mol. The number of aryl methyl sites for hydroxylation is 2. The molecule has 2 aromatic heterocycles. The minimum absolute atomic E-state index is 0.110. The number of benzene rings is 1. The van der Waals surface area contributed by atoms with Crippen molar-refractivity contribution in [1.82, 2.24) is 14.9 Å². The number of fused-ring (bicyclic) bond motifs is 1. The molecule has 1 amide bonds. The molecule has 9 heteroatoms. The molecule has 7 nitrogen and oxygen atoms in total. The number of nitrogens with zero attached hydrogens (tertiary/aromatic N) is 2. The first-order valence-electron chi connectivity index (χ1n) is 10.1. The number of carbonyl (C=O) groups excluding carboxylic acids is 2. The standard InChI is InChI=1S/C23H25N3O4S2/c1-5-11-26-21(28)19-14(3)15(4)32-20(19)25-23(26)31-13-18(27)24-12-16-7-9-17(10-8-16)22(29)30-6-2/h5,7-10H,1,6,11-13H2,2-4H3,(H,24,27). The largest absolute Gasteiger partial charge is 0.462 e. The van der Waals surface area contributed by atoms with Gasteiger partial charge in [-0.3, -0.25) is 14.2 Å². The number of hydrogen-bond donors (Lipinski definition) is 1. The lowest BCUT2D eigenvalue weighted by molar-refractivity contribution is -0.118. The van der Waals surface area contributed by atoms with Crippen LogP contribution in [0.3, 0.4) is 0 Å². The normalized spacial score (nSPS) is 10.8. The zero-order valence-electron chi connectivity index (χ0n) is 18.3. The van der Waals surface area contributed by atoms with E-state index in [4.69, 9.17) is 4.74 Å². The summed E-state index contributed by atoms with van der Waals surface area (Å²) in [5, 5.41) is 3.98. The van der Waals surface area contributed by atoms with Crippen molar-refractivity contribution in [3.63, 3.8) is 0 Å². The van der Waals surface area contributed by atoms with Gasteiger partial charge in [-0.15, -0.1) is 17.9 Å². The molecule has 32 heavy (non-hydrogen) atoms. The number of thiophene rings is 1. The third-order valence-electron chi connectivity index (χ3n) is 4.85. The number of carbonyl (C=O) groups is 2. The molecule has 1 aromatic carbocycles. The molecule has 0 radical (unpaired) electrons. The van der Waals surface area contributed by atoms with Crippen LogP contribution in [-0.4, -0.2) is 33.8 Å². The van der Waals surface area contributed by atoms with Crippen molar-refractivity contribution in [3.05, 3.63) is 68.8 Å². The van der Waals surface area contributed by atoms with Gasteiger partial charge in [-0.05, 0) is 44.0 Å². The molecule has 0 bridgehead atoms. The number of ether oxygens (including phenoxy) is 1. The van der Waals surface area contributed by atoms with Gasteiger partial charge in [0.2, 0.25) is 5.91 Å². The summed E-state index contributed by atoms with van der Waals surface area (Å²) in [6.45, 7) is 10.4. The first kappa shape index (κ1) is 23.7. The molecule has 0 atom stereocenters. The minimum atomic E-state index is -0.370. The molecule has 0 fully saturated rings. The minimum Gasteiger partial charge on any atom is -0.462 e. The number of thioether (sulfide) groups is 1. The number of hydrogen-bond acceptors (Lipinski definition) is 7. The summed E-state index contributed by atoms with van der Waals surface area (Å²) < 4.78 is 6.52. The number of allylic oxidation sites excluding steroid dienone is 1. The van der Waals surface area contributed by atoms with Crippen LogP contribution in [0.25, 0.3) is 10.2 Å². The Hall–Kier alpha value is -2.91. The molecule has 168 valence electrons. The summed E-state index contributed by atoms with van der Waals surface area (Å²) in [4.78, 5) is 43.5. The maximum Gasteiger partial charge on any atom is 0.338 e. The zero-order valence-corrected chi connectivity index (χ0v) is 19.9. The van der Waals surface area contributed by atoms with E-state index in [2.05, 4.69) is 16.9 Å². The summed E-state index contributed by atoms with van der Waals surface area (Å²) >= 11 is 2.71. The molecular weight excluding hydrogens is 446 g/mol. The highest BCUT2D eigenvalue weighted by atomic mass is 32.2. The van der Waals surface area contributed by atoms with Crippen molar-refractivity contribution in [1.29, 1.82) is 0 Å². The van der Waals surface area contributed by atoms with Crippen LogP contribution in [0.5, 0.6) is 0 Å². The van der Waals surface area contributed by atoms with Crippen LogP contribution in [0.1, 0.15) is 33.3 Å². The second kappa shape index (κ2) is 10.6. The summed E-state index contributed by atoms with van der Waals surface area (Å²) in [6.07, 6.45) is 1.65. The van der Waals surface area contributed by atoms with Gasteiger partial charge in [-0.1, -0.05) is 30.0 Å². The lowest BCUT2D eigenvalue weighted by Crippen LogP contribution is -2.26. The summed E-state index contributed by atoms with van der Waals surface area (Å²) in [5.41, 5.74) is 2.17. The highest BCUT2D eigenvalue weighted by molar-refractivity contribution is 7.99. The quantitative estimate of drug-likeness (QED) is 0.221. The highest BCUT2D eigenvalue weighted by Crippen LogP contribution is 2.28. The first-order valence-corrected chi connectivity index (χ1v) is 11.9. The van der Waals surface area contributed by atoms with Crippen LogP contribution in [0.2, 0.25) is 0 Å². The maximum absolute atomic E-state index is 13.0. The molecule has 0 aliphatic rings. The van der Waals surface area contributed by atoms with Gasteiger partial charge in [0.15, 0.2) is 5.16 Å². The van der Waals surface area contributed by atoms with Gasteiger partial charge >= 0.3 is 5.97 Å². The molecular formula is C23H25N3O4S2. The predicted octanol–water partition coefficient (Wildman–Crippen LogP) is 3.85. The Morgan fingerprint density at radius 2 is 2.00 bits per heavy atom. The van der Waals surface area contributed by atoms with Crippen molar-refractivity contribution in [2.24, 2.45) is 0 Å². The highest BCUT2D eigenvalue weighted by Gasteiger charge is 2.17. The smallest absolute Gasteiger partial charge is 0.338 e. The van der Waals surface area contributed by atoms with Crippen molar-refractivity contribution < 1.29 is 14.3 Å². The Morgan fingerprint density at radius 3 is 2.66 bits per heavy atom. The molecule has 2 heterocycles. The number of nitrogens with one attached hydrogen (secondary N) is 1. The van der Waals surface area contributed by atoms with Crippen LogP contribution in [-0.2, 0) is 22.6 Å². The second-order valence-corrected chi connectivity index (χ2v) is 9.19. The van der Waals surface area contributed by atoms with E-state index < -0.39 is 0 Å². The number of aromatic nitrogens is 2. The Labute approximate surface area is 194 Å². The van der Waals surface area contributed by atoms with Gasteiger partial charge < -0.3 is 10.1 Å². The number of esters is 1. The van der Waals surface area contributed by atoms with Crippen LogP contribution in [0.4, 0.5) is 0 Å². The predicted molar refractivity (Wildman–Crippen MR) is 129 cm³/mol. The molecule has 3 rings (SSSR count). The van der Waals surface area contributed by atoms with Gasteiger partial charge in [-0.2, -0.15) is 0 Å². The Balaban J connectivity index is 1.65. The third-order valence-corrected chi connectivity index (χ3v) is 6.93. The summed E-state index contributed by atoms with van der Waals surface area (Å²) in [6, 6.07) is 6.90. The summed E-state index contributed by atoms with van der Waals surface area (Å²) in [5.74, 6) is -0.424. The van der Waals surface area contributed by atoms with E-state index in [0.717, 1.165) is 16.0 Å². The van der Waals surface area contributed by atoms with E-state index in [0.29, 0.717) is 40.6 Å². The Bertz CT molecular complexity index is 1210. The first-order chi connectivity index (χ1) is 15.3. The Morgan fingerprint density at radius 1 is 1.28 bits per heavy atom. The van der Waals surface area contributed by atoms with E-state index in [9.17, 15) is 14.4 Å². The lowest BCUT2D eigenvalue weighted by Gasteiger charge is -2.10. The van der Waals surface area contributed by atoms with E-state index in [1.165, 1.54) is 23.1 Å². The average molecular weight is 472 g/mol. The fourth-order valence-electron chi connectivity index (χ4n) is 3.06. The van der Waals surface area contributed by atoms with Crippen LogP contribution >= 0.6 is 23.1 Å². The molecule has 0 spiro atoms. The second-order valence-electron chi connectivity index (χ2n) is 7.05. The third kappa shape index (κ3) is 5.28. The van der Waals surface area contributed by atoms with Crippen molar-refractivity contribution >= 4 is 45.2 Å². The number of amides is 1. The van der Waals surface area contributed by atoms with Gasteiger partial charge in [0.1, 0.15) is 4.83 Å². The molecule has 0 saturated carbocycles. The van der Waals surface area contributed by atoms with E-state index in [1.807, 2.05) is 13.8 Å². The SMILES string of the molecule is C=CCn1c(SCC(=O)NCc2ccc(C(=O)OCC)cc2)nc2sc(C)c(C)c2c1=O. The molecule has 0 aliphatic carbocycles. The van der Waals surface area contributed by atoms with Crippen molar-refractivity contribution in [2.45, 2.75) is 39.0 Å². The van der Waals surface area contributed by atoms with Gasteiger partial charge in [0.25, 0.3) is 5.56 Å². The molecule has 0 saturated heterocycles. The average Bonchev–Trinajstić information content (AvgIpc) is 3.07. The molecule has 0 unspecified atom stereocenters. The van der Waals surface area contributed by atoms with E-state index in [1.54, 1.807) is 41.8 Å². The molecule has 3 aromatic rings. The van der Waals surface area contributed by atoms with Crippen LogP contribution in [0.15, 0.2) is 46.9 Å². The molecule has 1 N–H and O–H groups in total. The van der Waals surface area contributed by atoms with Crippen LogP contribution in [0, 0.1) is 13.8 Å². The zero-order chi connectivity index (χ0) is 23.3. The number of rotatable bonds is 9. The fraction of sp³-hybridized carbons (Fsp3) is 0.304. The van der Waals surface area contributed by atoms with Crippen molar-refractivity contribution in [3.8, 4) is 0 Å². The van der Waals surface area contributed by atoms with Gasteiger partial charge in [0.05, 0.1) is 23.3 Å². The van der Waals surface area contributed by atoms with Gasteiger partial charge in [0, 0.05) is 18.0 Å². The fourth-order valence-corrected chi connectivity index (χ4v) is 4.97. The van der Waals surface area contributed by atoms with Crippen LogP contribution < -0.4 is 10.9 Å². The topological polar surface area (TPSA) is 90.3 Å². The Kier molecular flexibility index (Phi) is 7.87. The van der Waals surface area contributed by atoms with E-state index >= 15 is 0 Å². The maximum atomic E-state index is 13.0.